The molecule has 0 radical (unpaired) electrons. The van der Waals surface area contributed by atoms with Crippen LogP contribution in [0.25, 0.3) is 11.4 Å². The summed E-state index contributed by atoms with van der Waals surface area (Å²) >= 11 is 0. The van der Waals surface area contributed by atoms with Crippen molar-refractivity contribution < 1.29 is 19.0 Å². The normalized spacial score (nSPS) is 16.7. The SMILES string of the molecule is Nc1nc(Nc2cccc(N3CCOCC3)c2)nc(-c2cccc(N3CCc4cc(C5CC5)cc(F)c4C3=O)c2CO)n1. The number of nitrogens with zero attached hydrogens (tertiary/aromatic N) is 5. The van der Waals surface area contributed by atoms with E-state index in [4.69, 9.17) is 10.5 Å². The van der Waals surface area contributed by atoms with Crippen LogP contribution in [-0.2, 0) is 17.8 Å². The average Bonchev–Trinajstić information content (AvgIpc) is 3.87. The fourth-order valence-corrected chi connectivity index (χ4v) is 5.98. The molecule has 1 aromatic heterocycles. The second-order valence-electron chi connectivity index (χ2n) is 11.1. The summed E-state index contributed by atoms with van der Waals surface area (Å²) in [5, 5.41) is 13.7. The zero-order valence-electron chi connectivity index (χ0n) is 23.6. The molecule has 2 aliphatic heterocycles. The Morgan fingerprint density at radius 2 is 1.84 bits per heavy atom. The van der Waals surface area contributed by atoms with Gasteiger partial charge in [-0.15, -0.1) is 0 Å². The average molecular weight is 582 g/mol. The summed E-state index contributed by atoms with van der Waals surface area (Å²) in [6.45, 7) is 2.96. The molecule has 3 aromatic carbocycles. The van der Waals surface area contributed by atoms with Crippen molar-refractivity contribution in [1.29, 1.82) is 0 Å². The highest BCUT2D eigenvalue weighted by molar-refractivity contribution is 6.09. The topological polar surface area (TPSA) is 130 Å². The molecule has 1 amide bonds. The van der Waals surface area contributed by atoms with E-state index in [0.29, 0.717) is 48.9 Å². The van der Waals surface area contributed by atoms with Crippen LogP contribution >= 0.6 is 0 Å². The van der Waals surface area contributed by atoms with Gasteiger partial charge in [-0.25, -0.2) is 4.39 Å². The lowest BCUT2D eigenvalue weighted by Gasteiger charge is -2.31. The number of ether oxygens (including phenoxy) is 1. The van der Waals surface area contributed by atoms with Gasteiger partial charge in [0.2, 0.25) is 11.9 Å². The minimum Gasteiger partial charge on any atom is -0.392 e. The van der Waals surface area contributed by atoms with Gasteiger partial charge in [-0.05, 0) is 66.6 Å². The molecule has 0 bridgehead atoms. The predicted molar refractivity (Wildman–Crippen MR) is 162 cm³/mol. The molecule has 3 heterocycles. The number of hydrogen-bond donors (Lipinski definition) is 3. The molecule has 0 atom stereocenters. The smallest absolute Gasteiger partial charge is 0.261 e. The first kappa shape index (κ1) is 27.2. The van der Waals surface area contributed by atoms with Crippen LogP contribution in [0.4, 0.5) is 33.3 Å². The first-order chi connectivity index (χ1) is 21.0. The second-order valence-corrected chi connectivity index (χ2v) is 11.1. The van der Waals surface area contributed by atoms with Crippen LogP contribution < -0.4 is 20.9 Å². The molecule has 7 rings (SSSR count). The maximum Gasteiger partial charge on any atom is 0.261 e. The third-order valence-corrected chi connectivity index (χ3v) is 8.28. The summed E-state index contributed by atoms with van der Waals surface area (Å²) in [6.07, 6.45) is 2.64. The van der Waals surface area contributed by atoms with Crippen molar-refractivity contribution in [3.05, 3.63) is 82.7 Å². The van der Waals surface area contributed by atoms with E-state index < -0.39 is 11.7 Å². The fraction of sp³-hybridized carbons (Fsp3) is 0.312. The van der Waals surface area contributed by atoms with E-state index in [1.165, 1.54) is 11.0 Å². The van der Waals surface area contributed by atoms with Crippen molar-refractivity contribution >= 4 is 34.9 Å². The number of aliphatic hydroxyl groups is 1. The molecule has 11 heteroatoms. The van der Waals surface area contributed by atoms with E-state index in [2.05, 4.69) is 25.2 Å². The number of fused-ring (bicyclic) bond motifs is 1. The number of carbonyl (C=O) groups is 1. The molecular formula is C32H32FN7O3. The lowest BCUT2D eigenvalue weighted by molar-refractivity contribution is 0.0976. The molecule has 0 spiro atoms. The van der Waals surface area contributed by atoms with Gasteiger partial charge in [0.15, 0.2) is 5.82 Å². The molecule has 43 heavy (non-hydrogen) atoms. The number of halogens is 1. The van der Waals surface area contributed by atoms with E-state index in [0.717, 1.165) is 48.4 Å². The Kier molecular flexibility index (Phi) is 7.12. The number of rotatable bonds is 7. The number of nitrogens with one attached hydrogen (secondary N) is 1. The minimum absolute atomic E-state index is 0.00245. The maximum atomic E-state index is 15.2. The highest BCUT2D eigenvalue weighted by Crippen LogP contribution is 2.42. The van der Waals surface area contributed by atoms with Gasteiger partial charge in [0, 0.05) is 42.1 Å². The zero-order valence-corrected chi connectivity index (χ0v) is 23.6. The number of aliphatic hydroxyl groups excluding tert-OH is 1. The van der Waals surface area contributed by atoms with Crippen LogP contribution in [0.15, 0.2) is 54.6 Å². The third-order valence-electron chi connectivity index (χ3n) is 8.28. The number of amides is 1. The number of anilines is 5. The quantitative estimate of drug-likeness (QED) is 0.291. The summed E-state index contributed by atoms with van der Waals surface area (Å²) in [6, 6.07) is 16.7. The third kappa shape index (κ3) is 5.37. The van der Waals surface area contributed by atoms with E-state index in [-0.39, 0.29) is 29.9 Å². The molecule has 220 valence electrons. The summed E-state index contributed by atoms with van der Waals surface area (Å²) in [5.74, 6) is -0.0306. The number of nitrogen functional groups attached to an aromatic ring is 1. The molecule has 0 unspecified atom stereocenters. The Morgan fingerprint density at radius 3 is 2.63 bits per heavy atom. The number of aromatic nitrogens is 3. The van der Waals surface area contributed by atoms with Gasteiger partial charge >= 0.3 is 0 Å². The minimum atomic E-state index is -0.491. The molecule has 1 aliphatic carbocycles. The lowest BCUT2D eigenvalue weighted by atomic mass is 9.93. The van der Waals surface area contributed by atoms with Crippen LogP contribution in [0.3, 0.4) is 0 Å². The maximum absolute atomic E-state index is 15.2. The van der Waals surface area contributed by atoms with Gasteiger partial charge in [-0.2, -0.15) is 15.0 Å². The molecule has 10 nitrogen and oxygen atoms in total. The predicted octanol–water partition coefficient (Wildman–Crippen LogP) is 4.41. The number of morpholine rings is 1. The Labute approximate surface area is 248 Å². The van der Waals surface area contributed by atoms with Gasteiger partial charge in [0.25, 0.3) is 5.91 Å². The number of benzene rings is 3. The Hall–Kier alpha value is -4.61. The second kappa shape index (κ2) is 11.2. The Morgan fingerprint density at radius 1 is 1.02 bits per heavy atom. The number of hydrogen-bond acceptors (Lipinski definition) is 9. The van der Waals surface area contributed by atoms with E-state index in [1.807, 2.05) is 30.3 Å². The van der Waals surface area contributed by atoms with Crippen LogP contribution in [0.1, 0.15) is 45.8 Å². The highest BCUT2D eigenvalue weighted by atomic mass is 19.1. The van der Waals surface area contributed by atoms with E-state index in [9.17, 15) is 9.90 Å². The van der Waals surface area contributed by atoms with Crippen molar-refractivity contribution in [2.75, 3.05) is 53.7 Å². The van der Waals surface area contributed by atoms with E-state index in [1.54, 1.807) is 18.2 Å². The van der Waals surface area contributed by atoms with Crippen LogP contribution in [0.2, 0.25) is 0 Å². The van der Waals surface area contributed by atoms with Crippen molar-refractivity contribution in [3.63, 3.8) is 0 Å². The molecule has 3 aliphatic rings. The van der Waals surface area contributed by atoms with Crippen molar-refractivity contribution in [2.24, 2.45) is 0 Å². The summed E-state index contributed by atoms with van der Waals surface area (Å²) in [7, 11) is 0. The van der Waals surface area contributed by atoms with Gasteiger partial charge in [0.1, 0.15) is 5.82 Å². The lowest BCUT2D eigenvalue weighted by Crippen LogP contribution is -2.39. The van der Waals surface area contributed by atoms with Crippen LogP contribution in [0, 0.1) is 5.82 Å². The summed E-state index contributed by atoms with van der Waals surface area (Å²) in [5.41, 5.74) is 11.2. The highest BCUT2D eigenvalue weighted by Gasteiger charge is 2.33. The van der Waals surface area contributed by atoms with Gasteiger partial charge in [0.05, 0.1) is 31.1 Å². The number of carbonyl (C=O) groups excluding carboxylic acids is 1. The van der Waals surface area contributed by atoms with Crippen LogP contribution in [0.5, 0.6) is 0 Å². The Bertz CT molecular complexity index is 1700. The molecule has 4 N–H and O–H groups in total. The molecule has 1 saturated heterocycles. The summed E-state index contributed by atoms with van der Waals surface area (Å²) < 4.78 is 20.7. The molecule has 1 saturated carbocycles. The molecule has 4 aromatic rings. The van der Waals surface area contributed by atoms with Crippen molar-refractivity contribution in [3.8, 4) is 11.4 Å². The van der Waals surface area contributed by atoms with E-state index >= 15 is 4.39 Å². The van der Waals surface area contributed by atoms with Crippen LogP contribution in [-0.4, -0.2) is 58.8 Å². The van der Waals surface area contributed by atoms with Gasteiger partial charge in [-0.1, -0.05) is 24.3 Å². The first-order valence-electron chi connectivity index (χ1n) is 14.6. The van der Waals surface area contributed by atoms with Gasteiger partial charge < -0.3 is 30.7 Å². The van der Waals surface area contributed by atoms with Crippen molar-refractivity contribution in [1.82, 2.24) is 15.0 Å². The number of nitrogens with two attached hydrogens (primary N) is 1. The zero-order chi connectivity index (χ0) is 29.5. The van der Waals surface area contributed by atoms with Crippen molar-refractivity contribution in [2.45, 2.75) is 31.8 Å². The standard InChI is InChI=1S/C32H32FN7O3/c33-26-16-21(19-7-8-19)15-20-9-10-40(30(42)28(20)26)27-6-2-5-24(25(27)18-41)29-36-31(34)38-32(37-29)35-22-3-1-4-23(17-22)39-11-13-43-14-12-39/h1-6,15-17,19,41H,7-14,18H2,(H3,34,35,36,37,38). The summed E-state index contributed by atoms with van der Waals surface area (Å²) in [4.78, 5) is 30.6. The fourth-order valence-electron chi connectivity index (χ4n) is 5.98. The molecular weight excluding hydrogens is 549 g/mol. The van der Waals surface area contributed by atoms with Gasteiger partial charge in [-0.3, -0.25) is 4.79 Å². The molecule has 2 fully saturated rings. The largest absolute Gasteiger partial charge is 0.392 e. The Balaban J connectivity index is 1.19. The first-order valence-corrected chi connectivity index (χ1v) is 14.6. The monoisotopic (exact) mass is 581 g/mol.